The average molecular weight is 348 g/mol. The number of thioether (sulfide) groups is 1. The average Bonchev–Trinajstić information content (AvgIpc) is 2.80. The van der Waals surface area contributed by atoms with E-state index in [4.69, 9.17) is 5.73 Å². The lowest BCUT2D eigenvalue weighted by Gasteiger charge is -2.45. The van der Waals surface area contributed by atoms with Gasteiger partial charge in [0.2, 0.25) is 11.8 Å². The molecule has 0 spiro atoms. The van der Waals surface area contributed by atoms with Gasteiger partial charge in [0.25, 0.3) is 0 Å². The van der Waals surface area contributed by atoms with Gasteiger partial charge in [0, 0.05) is 4.75 Å². The quantitative estimate of drug-likeness (QED) is 0.673. The van der Waals surface area contributed by atoms with Crippen LogP contribution in [0.1, 0.15) is 25.5 Å². The van der Waals surface area contributed by atoms with Crippen molar-refractivity contribution in [1.29, 1.82) is 0 Å². The van der Waals surface area contributed by atoms with Gasteiger partial charge >= 0.3 is 0 Å². The molecule has 4 atom stereocenters. The van der Waals surface area contributed by atoms with Crippen LogP contribution >= 0.6 is 11.8 Å². The van der Waals surface area contributed by atoms with Gasteiger partial charge in [0.1, 0.15) is 17.5 Å². The van der Waals surface area contributed by atoms with E-state index < -0.39 is 46.0 Å². The fourth-order valence-corrected chi connectivity index (χ4v) is 4.80. The number of β-lactam (4-membered cyclic amide) rings is 1. The zero-order valence-corrected chi connectivity index (χ0v) is 14.1. The maximum Gasteiger partial charge on any atom is 0.249 e. The first-order valence-corrected chi connectivity index (χ1v) is 8.44. The van der Waals surface area contributed by atoms with Gasteiger partial charge in [0.15, 0.2) is 0 Å². The van der Waals surface area contributed by atoms with Crippen molar-refractivity contribution in [2.75, 3.05) is 0 Å². The van der Waals surface area contributed by atoms with Gasteiger partial charge in [-0.25, -0.2) is 0 Å². The summed E-state index contributed by atoms with van der Waals surface area (Å²) in [6, 6.07) is 6.19. The monoisotopic (exact) mass is 348 g/mol. The van der Waals surface area contributed by atoms with Crippen molar-refractivity contribution < 1.29 is 19.5 Å². The standard InChI is InChI=1S/C16H19N3O4S/c1-16(2)11(15(22)23)19-13(21)10(14(19)24-16)18-12(20)9(17)8-6-4-3-5-7-8/h3-7,9-11,14H,17H2,1-2H3,(H,18,20)(H,22,23)/p-1/t9-,10?,11+,14-/m1/s1. The highest BCUT2D eigenvalue weighted by Crippen LogP contribution is 2.50. The number of hydrogen-bond donors (Lipinski definition) is 2. The molecule has 1 aromatic carbocycles. The van der Waals surface area contributed by atoms with Crippen LogP contribution in [0.25, 0.3) is 0 Å². The van der Waals surface area contributed by atoms with Gasteiger partial charge in [0.05, 0.1) is 12.0 Å². The number of carbonyl (C=O) groups is 3. The number of rotatable bonds is 4. The van der Waals surface area contributed by atoms with Gasteiger partial charge in [-0.1, -0.05) is 30.3 Å². The lowest BCUT2D eigenvalue weighted by atomic mass is 9.95. The van der Waals surface area contributed by atoms with Gasteiger partial charge in [-0.15, -0.1) is 11.8 Å². The number of nitrogens with zero attached hydrogens (tertiary/aromatic N) is 1. The molecule has 0 radical (unpaired) electrons. The van der Waals surface area contributed by atoms with Gasteiger partial charge in [-0.3, -0.25) is 9.59 Å². The third kappa shape index (κ3) is 2.55. The predicted octanol–water partition coefficient (Wildman–Crippen LogP) is -1.02. The fourth-order valence-electron chi connectivity index (χ4n) is 3.18. The second-order valence-electron chi connectivity index (χ2n) is 6.45. The Kier molecular flexibility index (Phi) is 4.05. The number of aliphatic carboxylic acids is 1. The zero-order valence-electron chi connectivity index (χ0n) is 13.3. The molecule has 1 aromatic rings. The molecular weight excluding hydrogens is 330 g/mol. The molecule has 0 aliphatic carbocycles. The molecule has 1 unspecified atom stereocenters. The van der Waals surface area contributed by atoms with Gasteiger partial charge < -0.3 is 25.9 Å². The summed E-state index contributed by atoms with van der Waals surface area (Å²) >= 11 is 1.34. The Morgan fingerprint density at radius 2 is 1.96 bits per heavy atom. The van der Waals surface area contributed by atoms with E-state index in [9.17, 15) is 19.5 Å². The summed E-state index contributed by atoms with van der Waals surface area (Å²) in [4.78, 5) is 37.2. The Morgan fingerprint density at radius 3 is 2.54 bits per heavy atom. The van der Waals surface area contributed by atoms with Crippen LogP contribution in [0.15, 0.2) is 30.3 Å². The molecule has 2 aliphatic rings. The van der Waals surface area contributed by atoms with Crippen molar-refractivity contribution in [2.45, 2.75) is 42.1 Å². The topological polar surface area (TPSA) is 116 Å². The molecule has 2 saturated heterocycles. The molecule has 2 fully saturated rings. The van der Waals surface area contributed by atoms with Crippen LogP contribution in [0, 0.1) is 0 Å². The number of nitrogens with two attached hydrogens (primary N) is 1. The first-order valence-electron chi connectivity index (χ1n) is 7.56. The Balaban J connectivity index is 1.71. The second-order valence-corrected chi connectivity index (χ2v) is 8.22. The summed E-state index contributed by atoms with van der Waals surface area (Å²) in [6.45, 7) is 3.50. The normalized spacial score (nSPS) is 28.7. The van der Waals surface area contributed by atoms with Gasteiger partial charge in [-0.2, -0.15) is 0 Å². The molecule has 2 heterocycles. The van der Waals surface area contributed by atoms with E-state index in [-0.39, 0.29) is 0 Å². The van der Waals surface area contributed by atoms with E-state index >= 15 is 0 Å². The highest BCUT2D eigenvalue weighted by atomic mass is 32.2. The largest absolute Gasteiger partial charge is 0.548 e. The van der Waals surface area contributed by atoms with Crippen LogP contribution in [0.2, 0.25) is 0 Å². The molecule has 3 N–H and O–H groups in total. The summed E-state index contributed by atoms with van der Waals surface area (Å²) < 4.78 is -0.680. The third-order valence-corrected chi connectivity index (χ3v) is 5.97. The summed E-state index contributed by atoms with van der Waals surface area (Å²) in [6.07, 6.45) is 0. The lowest BCUT2D eigenvalue weighted by molar-refractivity contribution is -0.312. The number of nitrogens with one attached hydrogen (secondary N) is 1. The number of amides is 2. The molecule has 2 aliphatic heterocycles. The van der Waals surface area contributed by atoms with E-state index in [0.29, 0.717) is 5.56 Å². The van der Waals surface area contributed by atoms with Gasteiger partial charge in [-0.05, 0) is 19.4 Å². The Hall–Kier alpha value is -2.06. The molecule has 0 aromatic heterocycles. The minimum absolute atomic E-state index is 0.415. The molecule has 2 amide bonds. The van der Waals surface area contributed by atoms with Crippen LogP contribution < -0.4 is 16.2 Å². The molecule has 3 rings (SSSR count). The SMILES string of the molecule is CC1(C)S[C@@H]2C(NC(=O)[C@H](N)c3ccccc3)C(=O)N2[C@H]1C(=O)[O-]. The predicted molar refractivity (Wildman–Crippen MR) is 86.4 cm³/mol. The second kappa shape index (κ2) is 5.78. The number of carboxylic acid groups (broad SMARTS) is 1. The van der Waals surface area contributed by atoms with Crippen molar-refractivity contribution in [2.24, 2.45) is 5.73 Å². The van der Waals surface area contributed by atoms with E-state index in [2.05, 4.69) is 5.32 Å². The number of hydrogen-bond acceptors (Lipinski definition) is 6. The summed E-state index contributed by atoms with van der Waals surface area (Å²) in [7, 11) is 0. The van der Waals surface area contributed by atoms with Crippen LogP contribution in [0.4, 0.5) is 0 Å². The van der Waals surface area contributed by atoms with E-state index in [1.165, 1.54) is 16.7 Å². The van der Waals surface area contributed by atoms with Crippen molar-refractivity contribution in [3.8, 4) is 0 Å². The maximum atomic E-state index is 12.3. The molecule has 8 heteroatoms. The number of carboxylic acids is 1. The summed E-state index contributed by atoms with van der Waals surface area (Å²) in [5.74, 6) is -2.16. The summed E-state index contributed by atoms with van der Waals surface area (Å²) in [5.41, 5.74) is 6.57. The molecule has 24 heavy (non-hydrogen) atoms. The van der Waals surface area contributed by atoms with Crippen LogP contribution in [0.5, 0.6) is 0 Å². The minimum Gasteiger partial charge on any atom is -0.548 e. The van der Waals surface area contributed by atoms with Crippen molar-refractivity contribution in [3.05, 3.63) is 35.9 Å². The first kappa shape index (κ1) is 16.8. The fraction of sp³-hybridized carbons (Fsp3) is 0.438. The van der Waals surface area contributed by atoms with Crippen LogP contribution in [-0.4, -0.2) is 44.9 Å². The molecule has 0 bridgehead atoms. The third-order valence-electron chi connectivity index (χ3n) is 4.40. The summed E-state index contributed by atoms with van der Waals surface area (Å²) in [5, 5.41) is 13.6. The van der Waals surface area contributed by atoms with E-state index in [0.717, 1.165) is 0 Å². The molecule has 7 nitrogen and oxygen atoms in total. The van der Waals surface area contributed by atoms with E-state index in [1.807, 2.05) is 6.07 Å². The highest BCUT2D eigenvalue weighted by Gasteiger charge is 2.62. The van der Waals surface area contributed by atoms with Crippen molar-refractivity contribution in [3.63, 3.8) is 0 Å². The Bertz CT molecular complexity index is 694. The first-order chi connectivity index (χ1) is 11.2. The van der Waals surface area contributed by atoms with Crippen LogP contribution in [0.3, 0.4) is 0 Å². The highest BCUT2D eigenvalue weighted by molar-refractivity contribution is 8.01. The molecular formula is C16H18N3O4S-. The number of fused-ring (bicyclic) bond motifs is 1. The number of benzene rings is 1. The Labute approximate surface area is 143 Å². The maximum absolute atomic E-state index is 12.3. The molecule has 128 valence electrons. The smallest absolute Gasteiger partial charge is 0.249 e. The van der Waals surface area contributed by atoms with Crippen LogP contribution in [-0.2, 0) is 14.4 Å². The van der Waals surface area contributed by atoms with E-state index in [1.54, 1.807) is 38.1 Å². The van der Waals surface area contributed by atoms with Crippen molar-refractivity contribution >= 4 is 29.5 Å². The zero-order chi connectivity index (χ0) is 17.6. The number of carbonyl (C=O) groups excluding carboxylic acids is 3. The molecule has 0 saturated carbocycles. The lowest BCUT2D eigenvalue weighted by Crippen LogP contribution is -2.72. The minimum atomic E-state index is -1.28. The van der Waals surface area contributed by atoms with Crippen molar-refractivity contribution in [1.82, 2.24) is 10.2 Å². The Morgan fingerprint density at radius 1 is 1.33 bits per heavy atom.